The summed E-state index contributed by atoms with van der Waals surface area (Å²) in [6.45, 7) is 7.82. The first-order valence-corrected chi connectivity index (χ1v) is 4.87. The van der Waals surface area contributed by atoms with Crippen molar-refractivity contribution in [3.05, 3.63) is 5.82 Å². The Labute approximate surface area is 84.1 Å². The molecular formula is C9H18N4O. The van der Waals surface area contributed by atoms with Crippen molar-refractivity contribution in [1.82, 2.24) is 20.2 Å². The average Bonchev–Trinajstić information content (AvgIpc) is 2.47. The van der Waals surface area contributed by atoms with E-state index in [9.17, 15) is 0 Å². The van der Waals surface area contributed by atoms with Crippen LogP contribution in [0.3, 0.4) is 0 Å². The summed E-state index contributed by atoms with van der Waals surface area (Å²) in [5, 5.41) is 21.2. The van der Waals surface area contributed by atoms with Crippen LogP contribution in [0.2, 0.25) is 0 Å². The van der Waals surface area contributed by atoms with Crippen molar-refractivity contribution in [2.45, 2.75) is 52.2 Å². The lowest BCUT2D eigenvalue weighted by atomic mass is 10.1. The highest BCUT2D eigenvalue weighted by Crippen LogP contribution is 2.09. The van der Waals surface area contributed by atoms with Gasteiger partial charge in [-0.2, -0.15) is 4.80 Å². The highest BCUT2D eigenvalue weighted by molar-refractivity contribution is 4.79. The normalized spacial score (nSPS) is 14.4. The molecule has 0 saturated heterocycles. The van der Waals surface area contributed by atoms with Gasteiger partial charge in [0.2, 0.25) is 0 Å². The molecule has 1 aromatic rings. The van der Waals surface area contributed by atoms with Gasteiger partial charge < -0.3 is 5.11 Å². The maximum Gasteiger partial charge on any atom is 0.174 e. The maximum atomic E-state index is 9.10. The highest BCUT2D eigenvalue weighted by atomic mass is 16.3. The van der Waals surface area contributed by atoms with Crippen molar-refractivity contribution in [1.29, 1.82) is 0 Å². The van der Waals surface area contributed by atoms with Crippen molar-refractivity contribution in [2.75, 3.05) is 0 Å². The minimum atomic E-state index is -0.309. The second-order valence-corrected chi connectivity index (χ2v) is 4.55. The largest absolute Gasteiger partial charge is 0.393 e. The summed E-state index contributed by atoms with van der Waals surface area (Å²) in [5.41, 5.74) is -0.129. The van der Waals surface area contributed by atoms with E-state index in [0.717, 1.165) is 0 Å². The molecule has 14 heavy (non-hydrogen) atoms. The van der Waals surface area contributed by atoms with Gasteiger partial charge in [-0.1, -0.05) is 0 Å². The predicted octanol–water partition coefficient (Wildman–Crippen LogP) is 0.741. The van der Waals surface area contributed by atoms with E-state index >= 15 is 0 Å². The van der Waals surface area contributed by atoms with Gasteiger partial charge in [-0.05, 0) is 39.3 Å². The Hall–Kier alpha value is -0.970. The number of rotatable bonds is 3. The molecule has 0 saturated carbocycles. The molecule has 1 aromatic heterocycles. The molecule has 0 unspecified atom stereocenters. The van der Waals surface area contributed by atoms with Gasteiger partial charge in [0.1, 0.15) is 0 Å². The van der Waals surface area contributed by atoms with Crippen molar-refractivity contribution < 1.29 is 5.11 Å². The molecule has 0 aliphatic rings. The Morgan fingerprint density at radius 3 is 2.50 bits per heavy atom. The summed E-state index contributed by atoms with van der Waals surface area (Å²) in [7, 11) is 0. The topological polar surface area (TPSA) is 63.8 Å². The van der Waals surface area contributed by atoms with Crippen LogP contribution in [-0.4, -0.2) is 31.4 Å². The quantitative estimate of drug-likeness (QED) is 0.778. The number of tetrazole rings is 1. The van der Waals surface area contributed by atoms with E-state index in [-0.39, 0.29) is 11.6 Å². The third kappa shape index (κ3) is 3.06. The summed E-state index contributed by atoms with van der Waals surface area (Å²) < 4.78 is 0. The van der Waals surface area contributed by atoms with Crippen molar-refractivity contribution in [2.24, 2.45) is 0 Å². The SMILES string of the molecule is C[C@@H](O)CCc1nnn(C(C)(C)C)n1. The van der Waals surface area contributed by atoms with Crippen molar-refractivity contribution in [3.63, 3.8) is 0 Å². The lowest BCUT2D eigenvalue weighted by Crippen LogP contribution is -2.24. The molecule has 0 aliphatic carbocycles. The van der Waals surface area contributed by atoms with Gasteiger partial charge in [0.25, 0.3) is 0 Å². The van der Waals surface area contributed by atoms with E-state index < -0.39 is 0 Å². The fraction of sp³-hybridized carbons (Fsp3) is 0.889. The van der Waals surface area contributed by atoms with Crippen molar-refractivity contribution in [3.8, 4) is 0 Å². The Kier molecular flexibility index (Phi) is 3.21. The molecule has 0 spiro atoms. The fourth-order valence-electron chi connectivity index (χ4n) is 0.965. The molecule has 0 bridgehead atoms. The molecule has 80 valence electrons. The van der Waals surface area contributed by atoms with Gasteiger partial charge in [0.15, 0.2) is 5.82 Å². The lowest BCUT2D eigenvalue weighted by Gasteiger charge is -2.15. The summed E-state index contributed by atoms with van der Waals surface area (Å²) in [4.78, 5) is 1.60. The van der Waals surface area contributed by atoms with Gasteiger partial charge >= 0.3 is 0 Å². The van der Waals surface area contributed by atoms with E-state index in [4.69, 9.17) is 5.11 Å². The maximum absolute atomic E-state index is 9.10. The fourth-order valence-corrected chi connectivity index (χ4v) is 0.965. The molecule has 5 heteroatoms. The van der Waals surface area contributed by atoms with Crippen LogP contribution in [0, 0.1) is 0 Å². The van der Waals surface area contributed by atoms with E-state index in [1.165, 1.54) is 0 Å². The molecule has 1 rings (SSSR count). The standard InChI is InChI=1S/C9H18N4O/c1-7(14)5-6-8-10-12-13(11-8)9(2,3)4/h7,14H,5-6H2,1-4H3/t7-/m1/s1. The Bertz CT molecular complexity index is 287. The van der Waals surface area contributed by atoms with Gasteiger partial charge in [-0.25, -0.2) is 0 Å². The number of hydrogen-bond donors (Lipinski definition) is 1. The molecule has 0 radical (unpaired) electrons. The lowest BCUT2D eigenvalue weighted by molar-refractivity contribution is 0.184. The first-order chi connectivity index (χ1) is 6.39. The van der Waals surface area contributed by atoms with E-state index in [1.807, 2.05) is 20.8 Å². The van der Waals surface area contributed by atoms with Crippen LogP contribution in [0.4, 0.5) is 0 Å². The third-order valence-corrected chi connectivity index (χ3v) is 1.84. The Morgan fingerprint density at radius 1 is 1.43 bits per heavy atom. The molecule has 1 heterocycles. The molecule has 0 amide bonds. The summed E-state index contributed by atoms with van der Waals surface area (Å²) >= 11 is 0. The van der Waals surface area contributed by atoms with Crippen LogP contribution in [0.25, 0.3) is 0 Å². The predicted molar refractivity (Wildman–Crippen MR) is 52.8 cm³/mol. The molecule has 0 aromatic carbocycles. The van der Waals surface area contributed by atoms with Crippen LogP contribution >= 0.6 is 0 Å². The van der Waals surface area contributed by atoms with Crippen LogP contribution in [0.5, 0.6) is 0 Å². The van der Waals surface area contributed by atoms with Crippen LogP contribution in [0.1, 0.15) is 39.9 Å². The summed E-state index contributed by atoms with van der Waals surface area (Å²) in [5.74, 6) is 0.695. The number of aliphatic hydroxyl groups excluding tert-OH is 1. The second-order valence-electron chi connectivity index (χ2n) is 4.55. The smallest absolute Gasteiger partial charge is 0.174 e. The number of hydrogen-bond acceptors (Lipinski definition) is 4. The Morgan fingerprint density at radius 2 is 2.07 bits per heavy atom. The van der Waals surface area contributed by atoms with E-state index in [0.29, 0.717) is 18.7 Å². The minimum absolute atomic E-state index is 0.129. The molecule has 1 atom stereocenters. The number of aromatic nitrogens is 4. The van der Waals surface area contributed by atoms with Gasteiger partial charge in [-0.15, -0.1) is 10.2 Å². The molecule has 5 nitrogen and oxygen atoms in total. The monoisotopic (exact) mass is 198 g/mol. The molecule has 0 fully saturated rings. The molecule has 0 aliphatic heterocycles. The third-order valence-electron chi connectivity index (χ3n) is 1.84. The van der Waals surface area contributed by atoms with Gasteiger partial charge in [-0.3, -0.25) is 0 Å². The highest BCUT2D eigenvalue weighted by Gasteiger charge is 2.16. The number of aliphatic hydroxyl groups is 1. The molecular weight excluding hydrogens is 180 g/mol. The van der Waals surface area contributed by atoms with Crippen LogP contribution < -0.4 is 0 Å². The number of nitrogens with zero attached hydrogens (tertiary/aromatic N) is 4. The van der Waals surface area contributed by atoms with E-state index in [2.05, 4.69) is 15.4 Å². The van der Waals surface area contributed by atoms with Crippen molar-refractivity contribution >= 4 is 0 Å². The zero-order valence-electron chi connectivity index (χ0n) is 9.23. The number of aryl methyl sites for hydroxylation is 1. The van der Waals surface area contributed by atoms with Gasteiger partial charge in [0, 0.05) is 6.42 Å². The van der Waals surface area contributed by atoms with Crippen LogP contribution in [-0.2, 0) is 12.0 Å². The summed E-state index contributed by atoms with van der Waals surface area (Å²) in [6.07, 6.45) is 1.04. The first kappa shape index (κ1) is 11.1. The zero-order valence-corrected chi connectivity index (χ0v) is 9.23. The Balaban J connectivity index is 2.60. The minimum Gasteiger partial charge on any atom is -0.393 e. The van der Waals surface area contributed by atoms with Crippen LogP contribution in [0.15, 0.2) is 0 Å². The zero-order chi connectivity index (χ0) is 10.8. The first-order valence-electron chi connectivity index (χ1n) is 4.87. The second kappa shape index (κ2) is 4.04. The average molecular weight is 198 g/mol. The van der Waals surface area contributed by atoms with E-state index in [1.54, 1.807) is 11.7 Å². The van der Waals surface area contributed by atoms with Gasteiger partial charge in [0.05, 0.1) is 11.6 Å². The molecule has 1 N–H and O–H groups in total. The summed E-state index contributed by atoms with van der Waals surface area (Å²) in [6, 6.07) is 0.